The van der Waals surface area contributed by atoms with Crippen molar-refractivity contribution in [1.82, 2.24) is 0 Å². The maximum Gasteiger partial charge on any atom is 0.137 e. The number of carbonyl (C=O) groups is 1. The molecular formula is C17H27NO2. The summed E-state index contributed by atoms with van der Waals surface area (Å²) in [5.41, 5.74) is 6.65. The molecule has 112 valence electrons. The lowest BCUT2D eigenvalue weighted by Gasteiger charge is -2.19. The number of hydrogen-bond donors (Lipinski definition) is 1. The SMILES string of the molecule is COc1cccc(CC(=O)CCC(CCN)C(C)C)c1. The minimum Gasteiger partial charge on any atom is -0.497 e. The Labute approximate surface area is 122 Å². The summed E-state index contributed by atoms with van der Waals surface area (Å²) in [6, 6.07) is 7.72. The van der Waals surface area contributed by atoms with Crippen molar-refractivity contribution in [1.29, 1.82) is 0 Å². The van der Waals surface area contributed by atoms with Gasteiger partial charge in [0.25, 0.3) is 0 Å². The smallest absolute Gasteiger partial charge is 0.137 e. The molecule has 0 saturated heterocycles. The molecule has 1 atom stereocenters. The number of ketones is 1. The number of nitrogens with two attached hydrogens (primary N) is 1. The average Bonchev–Trinajstić information content (AvgIpc) is 2.43. The highest BCUT2D eigenvalue weighted by Crippen LogP contribution is 2.21. The van der Waals surface area contributed by atoms with Gasteiger partial charge >= 0.3 is 0 Å². The predicted molar refractivity (Wildman–Crippen MR) is 82.9 cm³/mol. The van der Waals surface area contributed by atoms with Crippen LogP contribution in [-0.2, 0) is 11.2 Å². The fourth-order valence-electron chi connectivity index (χ4n) is 2.47. The lowest BCUT2D eigenvalue weighted by atomic mass is 9.87. The Morgan fingerprint density at radius 2 is 2.05 bits per heavy atom. The second kappa shape index (κ2) is 8.75. The van der Waals surface area contributed by atoms with Crippen LogP contribution in [0.15, 0.2) is 24.3 Å². The van der Waals surface area contributed by atoms with Crippen molar-refractivity contribution < 1.29 is 9.53 Å². The molecule has 1 aromatic carbocycles. The molecule has 0 saturated carbocycles. The van der Waals surface area contributed by atoms with E-state index in [0.717, 1.165) is 24.2 Å². The highest BCUT2D eigenvalue weighted by molar-refractivity contribution is 5.80. The van der Waals surface area contributed by atoms with Crippen LogP contribution in [0.25, 0.3) is 0 Å². The molecule has 0 aliphatic carbocycles. The third-order valence-electron chi connectivity index (χ3n) is 3.81. The maximum atomic E-state index is 12.1. The molecule has 0 aliphatic heterocycles. The summed E-state index contributed by atoms with van der Waals surface area (Å²) in [5, 5.41) is 0. The third-order valence-corrected chi connectivity index (χ3v) is 3.81. The highest BCUT2D eigenvalue weighted by Gasteiger charge is 2.14. The third kappa shape index (κ3) is 5.74. The van der Waals surface area contributed by atoms with Crippen LogP contribution in [0.1, 0.15) is 38.7 Å². The Bertz CT molecular complexity index is 415. The van der Waals surface area contributed by atoms with Crippen molar-refractivity contribution in [3.8, 4) is 5.75 Å². The number of hydrogen-bond acceptors (Lipinski definition) is 3. The number of methoxy groups -OCH3 is 1. The van der Waals surface area contributed by atoms with Gasteiger partial charge in [-0.25, -0.2) is 0 Å². The Kier molecular flexibility index (Phi) is 7.31. The van der Waals surface area contributed by atoms with Crippen molar-refractivity contribution in [2.24, 2.45) is 17.6 Å². The van der Waals surface area contributed by atoms with Crippen molar-refractivity contribution in [2.45, 2.75) is 39.5 Å². The van der Waals surface area contributed by atoms with E-state index in [-0.39, 0.29) is 0 Å². The largest absolute Gasteiger partial charge is 0.497 e. The van der Waals surface area contributed by atoms with Crippen molar-refractivity contribution >= 4 is 5.78 Å². The van der Waals surface area contributed by atoms with Gasteiger partial charge in [0.15, 0.2) is 0 Å². The lowest BCUT2D eigenvalue weighted by molar-refractivity contribution is -0.118. The fourth-order valence-corrected chi connectivity index (χ4v) is 2.47. The lowest BCUT2D eigenvalue weighted by Crippen LogP contribution is -2.16. The van der Waals surface area contributed by atoms with Crippen LogP contribution in [0.2, 0.25) is 0 Å². The summed E-state index contributed by atoms with van der Waals surface area (Å²) >= 11 is 0. The molecule has 1 aromatic rings. The van der Waals surface area contributed by atoms with Gasteiger partial charge in [0.05, 0.1) is 7.11 Å². The van der Waals surface area contributed by atoms with E-state index in [9.17, 15) is 4.79 Å². The molecule has 3 heteroatoms. The Balaban J connectivity index is 2.46. The predicted octanol–water partition coefficient (Wildman–Crippen LogP) is 3.21. The van der Waals surface area contributed by atoms with Gasteiger partial charge in [-0.2, -0.15) is 0 Å². The molecule has 0 spiro atoms. The zero-order valence-electron chi connectivity index (χ0n) is 12.9. The molecular weight excluding hydrogens is 250 g/mol. The molecule has 2 N–H and O–H groups in total. The molecule has 0 radical (unpaired) electrons. The monoisotopic (exact) mass is 277 g/mol. The van der Waals surface area contributed by atoms with E-state index < -0.39 is 0 Å². The second-order valence-corrected chi connectivity index (χ2v) is 5.69. The summed E-state index contributed by atoms with van der Waals surface area (Å²) < 4.78 is 5.17. The first-order chi connectivity index (χ1) is 9.56. The summed E-state index contributed by atoms with van der Waals surface area (Å²) in [5.74, 6) is 2.23. The number of carbonyl (C=O) groups excluding carboxylic acids is 1. The van der Waals surface area contributed by atoms with Gasteiger partial charge in [0, 0.05) is 12.8 Å². The molecule has 1 unspecified atom stereocenters. The molecule has 0 bridgehead atoms. The summed E-state index contributed by atoms with van der Waals surface area (Å²) in [4.78, 5) is 12.1. The number of ether oxygens (including phenoxy) is 1. The van der Waals surface area contributed by atoms with Gasteiger partial charge in [0.2, 0.25) is 0 Å². The summed E-state index contributed by atoms with van der Waals surface area (Å²) in [6.07, 6.45) is 3.08. The highest BCUT2D eigenvalue weighted by atomic mass is 16.5. The molecule has 3 nitrogen and oxygen atoms in total. The van der Waals surface area contributed by atoms with Crippen molar-refractivity contribution in [3.63, 3.8) is 0 Å². The van der Waals surface area contributed by atoms with Gasteiger partial charge < -0.3 is 10.5 Å². The molecule has 1 rings (SSSR count). The Hall–Kier alpha value is -1.35. The van der Waals surface area contributed by atoms with Crippen LogP contribution in [0, 0.1) is 11.8 Å². The van der Waals surface area contributed by atoms with E-state index in [2.05, 4.69) is 13.8 Å². The minimum absolute atomic E-state index is 0.293. The van der Waals surface area contributed by atoms with Gasteiger partial charge in [-0.15, -0.1) is 0 Å². The van der Waals surface area contributed by atoms with Crippen molar-refractivity contribution in [2.75, 3.05) is 13.7 Å². The van der Waals surface area contributed by atoms with Crippen LogP contribution in [-0.4, -0.2) is 19.4 Å². The topological polar surface area (TPSA) is 52.3 Å². The summed E-state index contributed by atoms with van der Waals surface area (Å²) in [7, 11) is 1.64. The Morgan fingerprint density at radius 3 is 2.65 bits per heavy atom. The van der Waals surface area contributed by atoms with Crippen LogP contribution >= 0.6 is 0 Å². The van der Waals surface area contributed by atoms with Gasteiger partial charge in [-0.1, -0.05) is 26.0 Å². The van der Waals surface area contributed by atoms with Gasteiger partial charge in [0.1, 0.15) is 11.5 Å². The number of Topliss-reactive ketones (excluding diaryl/α,β-unsaturated/α-hetero) is 1. The van der Waals surface area contributed by atoms with Crippen LogP contribution in [0.3, 0.4) is 0 Å². The average molecular weight is 277 g/mol. The van der Waals surface area contributed by atoms with E-state index in [0.29, 0.717) is 37.0 Å². The van der Waals surface area contributed by atoms with Crippen LogP contribution in [0.4, 0.5) is 0 Å². The van der Waals surface area contributed by atoms with E-state index in [1.807, 2.05) is 24.3 Å². The first-order valence-corrected chi connectivity index (χ1v) is 7.41. The summed E-state index contributed by atoms with van der Waals surface area (Å²) in [6.45, 7) is 5.10. The standard InChI is InChI=1S/C17H27NO2/c1-13(2)15(9-10-18)7-8-16(19)11-14-5-4-6-17(12-14)20-3/h4-6,12-13,15H,7-11,18H2,1-3H3. The van der Waals surface area contributed by atoms with E-state index in [1.54, 1.807) is 7.11 Å². The van der Waals surface area contributed by atoms with Crippen LogP contribution < -0.4 is 10.5 Å². The normalized spacial score (nSPS) is 12.4. The number of benzene rings is 1. The zero-order chi connectivity index (χ0) is 15.0. The van der Waals surface area contributed by atoms with Gasteiger partial charge in [-0.05, 0) is 48.9 Å². The molecule has 0 aromatic heterocycles. The first-order valence-electron chi connectivity index (χ1n) is 7.41. The van der Waals surface area contributed by atoms with E-state index in [4.69, 9.17) is 10.5 Å². The second-order valence-electron chi connectivity index (χ2n) is 5.69. The van der Waals surface area contributed by atoms with E-state index >= 15 is 0 Å². The molecule has 20 heavy (non-hydrogen) atoms. The minimum atomic E-state index is 0.293. The van der Waals surface area contributed by atoms with Crippen molar-refractivity contribution in [3.05, 3.63) is 29.8 Å². The molecule has 0 aliphatic rings. The quantitative estimate of drug-likeness (QED) is 0.754. The van der Waals surface area contributed by atoms with Crippen LogP contribution in [0.5, 0.6) is 5.75 Å². The first kappa shape index (κ1) is 16.7. The number of rotatable bonds is 9. The molecule has 0 amide bonds. The molecule has 0 fully saturated rings. The fraction of sp³-hybridized carbons (Fsp3) is 0.588. The van der Waals surface area contributed by atoms with Gasteiger partial charge in [-0.3, -0.25) is 4.79 Å². The Morgan fingerprint density at radius 1 is 1.30 bits per heavy atom. The maximum absolute atomic E-state index is 12.1. The van der Waals surface area contributed by atoms with E-state index in [1.165, 1.54) is 0 Å². The molecule has 0 heterocycles. The zero-order valence-corrected chi connectivity index (χ0v) is 12.9.